The van der Waals surface area contributed by atoms with Gasteiger partial charge in [-0.15, -0.1) is 0 Å². The molecule has 0 radical (unpaired) electrons. The van der Waals surface area contributed by atoms with Gasteiger partial charge in [0.05, 0.1) is 11.2 Å². The van der Waals surface area contributed by atoms with Crippen LogP contribution < -0.4 is 5.32 Å². The predicted octanol–water partition coefficient (Wildman–Crippen LogP) is 2.51. The zero-order valence-electron chi connectivity index (χ0n) is 17.4. The Kier molecular flexibility index (Phi) is 6.20. The molecule has 1 aliphatic rings. The maximum Gasteiger partial charge on any atom is 0.244 e. The summed E-state index contributed by atoms with van der Waals surface area (Å²) in [5, 5.41) is 2.93. The average molecular weight is 439 g/mol. The summed E-state index contributed by atoms with van der Waals surface area (Å²) in [6, 6.07) is 13.7. The first-order valence-electron chi connectivity index (χ1n) is 10.3. The molecule has 1 amide bonds. The molecule has 0 aliphatic carbocycles. The topological polar surface area (TPSA) is 84.3 Å². The second kappa shape index (κ2) is 9.03. The maximum atomic E-state index is 13.4. The van der Waals surface area contributed by atoms with Gasteiger partial charge >= 0.3 is 0 Å². The Morgan fingerprint density at radius 1 is 1.13 bits per heavy atom. The number of nitrogens with one attached hydrogen (secondary N) is 1. The molecule has 2 aromatic carbocycles. The molecule has 0 saturated heterocycles. The lowest BCUT2D eigenvalue weighted by Gasteiger charge is -2.35. The van der Waals surface area contributed by atoms with Gasteiger partial charge in [-0.05, 0) is 43.0 Å². The molecule has 162 valence electrons. The van der Waals surface area contributed by atoms with Gasteiger partial charge in [-0.1, -0.05) is 42.0 Å². The molecule has 1 aliphatic heterocycles. The van der Waals surface area contributed by atoms with Crippen molar-refractivity contribution in [1.29, 1.82) is 0 Å². The second-order valence-corrected chi connectivity index (χ2v) is 9.69. The minimum atomic E-state index is -3.82. The number of hydrogen-bond acceptors (Lipinski definition) is 4. The lowest BCUT2D eigenvalue weighted by Crippen LogP contribution is -2.52. The molecule has 2 heterocycles. The van der Waals surface area contributed by atoms with Gasteiger partial charge in [0.1, 0.15) is 6.04 Å². The van der Waals surface area contributed by atoms with E-state index in [9.17, 15) is 13.2 Å². The summed E-state index contributed by atoms with van der Waals surface area (Å²) in [5.74, 6) is -0.268. The van der Waals surface area contributed by atoms with Crippen LogP contribution in [0.2, 0.25) is 0 Å². The lowest BCUT2D eigenvalue weighted by atomic mass is 9.95. The number of fused-ring (bicyclic) bond motifs is 1. The Morgan fingerprint density at radius 3 is 2.58 bits per heavy atom. The number of rotatable bonds is 7. The number of aromatic nitrogens is 2. The number of imidazole rings is 1. The largest absolute Gasteiger partial charge is 0.355 e. The zero-order chi connectivity index (χ0) is 21.8. The third-order valence-corrected chi connectivity index (χ3v) is 7.46. The van der Waals surface area contributed by atoms with Crippen LogP contribution >= 0.6 is 0 Å². The first kappa shape index (κ1) is 21.3. The smallest absolute Gasteiger partial charge is 0.244 e. The number of benzene rings is 2. The monoisotopic (exact) mass is 438 g/mol. The average Bonchev–Trinajstić information content (AvgIpc) is 3.29. The van der Waals surface area contributed by atoms with Gasteiger partial charge in [0.2, 0.25) is 15.9 Å². The van der Waals surface area contributed by atoms with Crippen LogP contribution in [0.25, 0.3) is 0 Å². The molecule has 1 atom stereocenters. The molecule has 0 bridgehead atoms. The van der Waals surface area contributed by atoms with E-state index in [1.807, 2.05) is 42.0 Å². The van der Waals surface area contributed by atoms with Crippen LogP contribution in [-0.2, 0) is 34.3 Å². The van der Waals surface area contributed by atoms with E-state index < -0.39 is 16.1 Å². The van der Waals surface area contributed by atoms with Gasteiger partial charge in [-0.25, -0.2) is 13.4 Å². The summed E-state index contributed by atoms with van der Waals surface area (Å²) in [7, 11) is -3.82. The summed E-state index contributed by atoms with van der Waals surface area (Å²) in [6.45, 7) is 3.29. The van der Waals surface area contributed by atoms with E-state index in [0.717, 1.165) is 29.7 Å². The van der Waals surface area contributed by atoms with E-state index in [4.69, 9.17) is 0 Å². The fourth-order valence-electron chi connectivity index (χ4n) is 3.83. The Bertz CT molecular complexity index is 1140. The fraction of sp³-hybridized carbons (Fsp3) is 0.304. The highest BCUT2D eigenvalue weighted by atomic mass is 32.2. The van der Waals surface area contributed by atoms with Crippen molar-refractivity contribution in [2.75, 3.05) is 6.54 Å². The standard InChI is InChI=1S/C23H26N4O3S/c1-18-7-9-21(10-8-18)31(29,30)27-16-20-6-3-2-5-19(20)15-22(27)23(28)25-11-4-13-26-14-12-24-17-26/h2-3,5-10,12,14,17,22H,4,11,13,15-16H2,1H3,(H,25,28). The van der Waals surface area contributed by atoms with Crippen LogP contribution in [-0.4, -0.2) is 40.8 Å². The normalized spacial score (nSPS) is 16.6. The van der Waals surface area contributed by atoms with Crippen molar-refractivity contribution in [3.8, 4) is 0 Å². The van der Waals surface area contributed by atoms with Crippen molar-refractivity contribution in [1.82, 2.24) is 19.2 Å². The van der Waals surface area contributed by atoms with E-state index in [1.165, 1.54) is 4.31 Å². The summed E-state index contributed by atoms with van der Waals surface area (Å²) >= 11 is 0. The van der Waals surface area contributed by atoms with Crippen LogP contribution in [0.3, 0.4) is 0 Å². The fourth-order valence-corrected chi connectivity index (χ4v) is 5.40. The number of aryl methyl sites for hydroxylation is 2. The molecular formula is C23H26N4O3S. The number of nitrogens with zero attached hydrogens (tertiary/aromatic N) is 3. The van der Waals surface area contributed by atoms with Crippen molar-refractivity contribution in [3.05, 3.63) is 83.9 Å². The Balaban J connectivity index is 1.54. The van der Waals surface area contributed by atoms with E-state index >= 15 is 0 Å². The van der Waals surface area contributed by atoms with Crippen LogP contribution in [0.1, 0.15) is 23.1 Å². The van der Waals surface area contributed by atoms with Gasteiger partial charge in [0, 0.05) is 32.0 Å². The zero-order valence-corrected chi connectivity index (χ0v) is 18.3. The minimum absolute atomic E-state index is 0.180. The predicted molar refractivity (Wildman–Crippen MR) is 118 cm³/mol. The lowest BCUT2D eigenvalue weighted by molar-refractivity contribution is -0.125. The highest BCUT2D eigenvalue weighted by Gasteiger charge is 2.39. The Labute approximate surface area is 182 Å². The summed E-state index contributed by atoms with van der Waals surface area (Å²) in [4.78, 5) is 17.3. The first-order valence-corrected chi connectivity index (χ1v) is 11.8. The molecule has 4 rings (SSSR count). The van der Waals surface area contributed by atoms with Crippen molar-refractivity contribution >= 4 is 15.9 Å². The third-order valence-electron chi connectivity index (χ3n) is 5.59. The van der Waals surface area contributed by atoms with Crippen LogP contribution in [0.5, 0.6) is 0 Å². The molecule has 1 N–H and O–H groups in total. The number of sulfonamides is 1. The van der Waals surface area contributed by atoms with Crippen LogP contribution in [0.15, 0.2) is 72.1 Å². The number of carbonyl (C=O) groups is 1. The minimum Gasteiger partial charge on any atom is -0.355 e. The summed E-state index contributed by atoms with van der Waals surface area (Å²) in [5.41, 5.74) is 2.92. The second-order valence-electron chi connectivity index (χ2n) is 7.80. The maximum absolute atomic E-state index is 13.4. The van der Waals surface area contributed by atoms with Crippen molar-refractivity contribution < 1.29 is 13.2 Å². The first-order chi connectivity index (χ1) is 14.9. The SMILES string of the molecule is Cc1ccc(S(=O)(=O)N2Cc3ccccc3CC2C(=O)NCCCn2ccnc2)cc1. The number of hydrogen-bond donors (Lipinski definition) is 1. The molecule has 0 fully saturated rings. The summed E-state index contributed by atoms with van der Waals surface area (Å²) < 4.78 is 30.2. The molecule has 0 saturated carbocycles. The van der Waals surface area contributed by atoms with Crippen molar-refractivity contribution in [3.63, 3.8) is 0 Å². The molecule has 31 heavy (non-hydrogen) atoms. The molecule has 1 unspecified atom stereocenters. The van der Waals surface area contributed by atoms with E-state index in [0.29, 0.717) is 13.0 Å². The highest BCUT2D eigenvalue weighted by Crippen LogP contribution is 2.29. The van der Waals surface area contributed by atoms with E-state index in [1.54, 1.807) is 36.8 Å². The van der Waals surface area contributed by atoms with Gasteiger partial charge in [-0.3, -0.25) is 4.79 Å². The van der Waals surface area contributed by atoms with Crippen LogP contribution in [0.4, 0.5) is 0 Å². The number of amides is 1. The quantitative estimate of drug-likeness (QED) is 0.575. The Hall–Kier alpha value is -2.97. The van der Waals surface area contributed by atoms with Crippen molar-refractivity contribution in [2.45, 2.75) is 43.8 Å². The van der Waals surface area contributed by atoms with Gasteiger partial charge in [-0.2, -0.15) is 4.31 Å². The highest BCUT2D eigenvalue weighted by molar-refractivity contribution is 7.89. The molecule has 0 spiro atoms. The van der Waals surface area contributed by atoms with E-state index in [2.05, 4.69) is 10.3 Å². The number of carbonyl (C=O) groups excluding carboxylic acids is 1. The molecule has 8 heteroatoms. The van der Waals surface area contributed by atoms with Gasteiger partial charge < -0.3 is 9.88 Å². The molecule has 7 nitrogen and oxygen atoms in total. The molecular weight excluding hydrogens is 412 g/mol. The Morgan fingerprint density at radius 2 is 1.87 bits per heavy atom. The van der Waals surface area contributed by atoms with Gasteiger partial charge in [0.25, 0.3) is 0 Å². The summed E-state index contributed by atoms with van der Waals surface area (Å²) in [6.07, 6.45) is 6.40. The van der Waals surface area contributed by atoms with E-state index in [-0.39, 0.29) is 17.3 Å². The molecule has 1 aromatic heterocycles. The van der Waals surface area contributed by atoms with Crippen molar-refractivity contribution in [2.24, 2.45) is 0 Å². The van der Waals surface area contributed by atoms with Gasteiger partial charge in [0.15, 0.2) is 0 Å². The molecule has 3 aromatic rings. The van der Waals surface area contributed by atoms with Crippen LogP contribution in [0, 0.1) is 6.92 Å². The third kappa shape index (κ3) is 4.70.